The van der Waals surface area contributed by atoms with Crippen LogP contribution in [0, 0.1) is 6.92 Å². The van der Waals surface area contributed by atoms with Gasteiger partial charge in [-0.1, -0.05) is 0 Å². The summed E-state index contributed by atoms with van der Waals surface area (Å²) in [6, 6.07) is 15.0. The third-order valence-corrected chi connectivity index (χ3v) is 6.14. The Morgan fingerprint density at radius 3 is 2.36 bits per heavy atom. The summed E-state index contributed by atoms with van der Waals surface area (Å²) in [4.78, 5) is 23.5. The second-order valence-corrected chi connectivity index (χ2v) is 8.50. The van der Waals surface area contributed by atoms with Gasteiger partial charge < -0.3 is 0 Å². The van der Waals surface area contributed by atoms with Crippen molar-refractivity contribution in [1.29, 1.82) is 0 Å². The van der Waals surface area contributed by atoms with Crippen LogP contribution in [0.1, 0.15) is 36.3 Å². The molecular weight excluding hydrogens is 465 g/mol. The fourth-order valence-corrected chi connectivity index (χ4v) is 4.64. The summed E-state index contributed by atoms with van der Waals surface area (Å²) in [6.07, 6.45) is 1.12. The molecule has 0 radical (unpaired) electrons. The van der Waals surface area contributed by atoms with Crippen molar-refractivity contribution in [3.05, 3.63) is 53.6 Å². The second kappa shape index (κ2) is 6.44. The molecule has 0 amide bonds. The number of ketones is 2. The van der Waals surface area contributed by atoms with Crippen molar-refractivity contribution in [3.63, 3.8) is 0 Å². The van der Waals surface area contributed by atoms with Gasteiger partial charge in [0.25, 0.3) is 0 Å². The van der Waals surface area contributed by atoms with Crippen LogP contribution >= 0.6 is 0 Å². The van der Waals surface area contributed by atoms with Crippen LogP contribution in [-0.2, 0) is 9.59 Å². The molecular formula is C19H17O2Tl. The summed E-state index contributed by atoms with van der Waals surface area (Å²) in [5, 5.41) is 0. The predicted octanol–water partition coefficient (Wildman–Crippen LogP) is 2.86. The first-order chi connectivity index (χ1) is 10.5. The third-order valence-electron chi connectivity index (χ3n) is 4.19. The first-order valence-corrected chi connectivity index (χ1v) is 9.77. The van der Waals surface area contributed by atoms with Gasteiger partial charge in [0.15, 0.2) is 0 Å². The van der Waals surface area contributed by atoms with Crippen molar-refractivity contribution in [2.24, 2.45) is 0 Å². The number of hydrogen-bond donors (Lipinski definition) is 0. The number of carbonyl (C=O) groups is 2. The number of hydrogen-bond acceptors (Lipinski definition) is 2. The Hall–Kier alpha value is -1.30. The molecule has 1 fully saturated rings. The summed E-state index contributed by atoms with van der Waals surface area (Å²) >= 11 is 0.781. The van der Waals surface area contributed by atoms with Gasteiger partial charge in [-0.15, -0.1) is 0 Å². The zero-order valence-corrected chi connectivity index (χ0v) is 17.1. The molecule has 0 N–H and O–H groups in total. The van der Waals surface area contributed by atoms with E-state index in [1.807, 2.05) is 0 Å². The molecule has 22 heavy (non-hydrogen) atoms. The molecule has 0 aromatic heterocycles. The standard InChI is InChI=1S/C19H17O2.Tl/c1-13-7-15(14-5-3-2-4-6-14)9-16(8-13)17-10-18(20)12-19(21)11-17;/h2-5,7-9,17H,10-12H2,1H3;. The molecule has 1 aliphatic carbocycles. The van der Waals surface area contributed by atoms with E-state index in [1.165, 1.54) is 19.8 Å². The Labute approximate surface area is 146 Å². The summed E-state index contributed by atoms with van der Waals surface area (Å²) in [5.41, 5.74) is 4.81. The molecule has 3 rings (SSSR count). The molecule has 3 heteroatoms. The van der Waals surface area contributed by atoms with E-state index < -0.39 is 0 Å². The van der Waals surface area contributed by atoms with Crippen LogP contribution < -0.4 is 3.12 Å². The third kappa shape index (κ3) is 3.37. The number of carbonyl (C=O) groups excluding carboxylic acids is 2. The maximum absolute atomic E-state index is 11.7. The van der Waals surface area contributed by atoms with Crippen molar-refractivity contribution in [2.45, 2.75) is 32.1 Å². The van der Waals surface area contributed by atoms with Crippen molar-refractivity contribution >= 4 is 40.5 Å². The van der Waals surface area contributed by atoms with Gasteiger partial charge in [-0.3, -0.25) is 0 Å². The Morgan fingerprint density at radius 1 is 1.00 bits per heavy atom. The van der Waals surface area contributed by atoms with Crippen LogP contribution in [0.5, 0.6) is 0 Å². The Morgan fingerprint density at radius 2 is 1.68 bits per heavy atom. The van der Waals surface area contributed by atoms with E-state index in [0.29, 0.717) is 12.8 Å². The van der Waals surface area contributed by atoms with Gasteiger partial charge in [0.1, 0.15) is 0 Å². The molecule has 108 valence electrons. The summed E-state index contributed by atoms with van der Waals surface area (Å²) in [7, 11) is 0. The zero-order chi connectivity index (χ0) is 15.7. The summed E-state index contributed by atoms with van der Waals surface area (Å²) < 4.78 is 1.40. The number of Topliss-reactive ketones (excluding diaryl/α,β-unsaturated/α-hetero) is 2. The molecule has 0 aliphatic heterocycles. The summed E-state index contributed by atoms with van der Waals surface area (Å²) in [5.74, 6) is 0.208. The van der Waals surface area contributed by atoms with Crippen LogP contribution in [-0.4, -0.2) is 37.3 Å². The molecule has 0 spiro atoms. The van der Waals surface area contributed by atoms with E-state index in [1.54, 1.807) is 0 Å². The van der Waals surface area contributed by atoms with Crippen LogP contribution in [0.4, 0.5) is 0 Å². The first-order valence-electron chi connectivity index (χ1n) is 7.53. The van der Waals surface area contributed by atoms with Crippen molar-refractivity contribution < 1.29 is 9.59 Å². The average Bonchev–Trinajstić information content (AvgIpc) is 2.46. The first kappa shape index (κ1) is 15.6. The molecule has 0 heterocycles. The number of aryl methyl sites for hydroxylation is 1. The van der Waals surface area contributed by atoms with Gasteiger partial charge in [0, 0.05) is 0 Å². The average molecular weight is 482 g/mol. The maximum atomic E-state index is 11.7. The fraction of sp³-hybridized carbons (Fsp3) is 0.263. The van der Waals surface area contributed by atoms with Crippen molar-refractivity contribution in [2.75, 3.05) is 0 Å². The van der Waals surface area contributed by atoms with Gasteiger partial charge in [0.05, 0.1) is 0 Å². The van der Waals surface area contributed by atoms with Crippen LogP contribution in [0.2, 0.25) is 0 Å². The Bertz CT molecular complexity index is 733. The van der Waals surface area contributed by atoms with E-state index in [9.17, 15) is 9.59 Å². The molecule has 2 aromatic rings. The molecule has 0 saturated heterocycles. The van der Waals surface area contributed by atoms with Crippen LogP contribution in [0.3, 0.4) is 0 Å². The second-order valence-electron chi connectivity index (χ2n) is 6.08. The SMILES string of the molecule is Cc1cc(-c2cccc[c]2[Tl])cc(C2CC(=O)CC(=O)C2)c1. The predicted molar refractivity (Wildman–Crippen MR) is 88.6 cm³/mol. The van der Waals surface area contributed by atoms with Gasteiger partial charge in [-0.2, -0.15) is 0 Å². The zero-order valence-electron chi connectivity index (χ0n) is 12.6. The molecule has 0 bridgehead atoms. The quantitative estimate of drug-likeness (QED) is 0.488. The minimum absolute atomic E-state index is 0.0520. The van der Waals surface area contributed by atoms with Crippen molar-refractivity contribution in [1.82, 2.24) is 0 Å². The summed E-state index contributed by atoms with van der Waals surface area (Å²) in [6.45, 7) is 2.08. The van der Waals surface area contributed by atoms with Crippen LogP contribution in [0.15, 0.2) is 42.5 Å². The van der Waals surface area contributed by atoms with Gasteiger partial charge >= 0.3 is 147 Å². The normalized spacial score (nSPS) is 16.0. The van der Waals surface area contributed by atoms with Gasteiger partial charge in [0.2, 0.25) is 0 Å². The van der Waals surface area contributed by atoms with Gasteiger partial charge in [-0.05, 0) is 0 Å². The van der Waals surface area contributed by atoms with E-state index in [2.05, 4.69) is 49.4 Å². The van der Waals surface area contributed by atoms with E-state index >= 15 is 0 Å². The van der Waals surface area contributed by atoms with E-state index in [-0.39, 0.29) is 23.9 Å². The Kier molecular flexibility index (Phi) is 4.57. The minimum atomic E-state index is 0.0520. The monoisotopic (exact) mass is 482 g/mol. The van der Waals surface area contributed by atoms with Crippen LogP contribution in [0.25, 0.3) is 11.1 Å². The molecule has 0 atom stereocenters. The molecule has 0 unspecified atom stereocenters. The fourth-order valence-electron chi connectivity index (χ4n) is 3.19. The van der Waals surface area contributed by atoms with Crippen molar-refractivity contribution in [3.8, 4) is 11.1 Å². The molecule has 1 aliphatic rings. The molecule has 2 aromatic carbocycles. The van der Waals surface area contributed by atoms with E-state index in [4.69, 9.17) is 0 Å². The number of rotatable bonds is 2. The van der Waals surface area contributed by atoms with Gasteiger partial charge in [-0.25, -0.2) is 0 Å². The molecule has 1 saturated carbocycles. The van der Waals surface area contributed by atoms with E-state index in [0.717, 1.165) is 31.3 Å². The number of benzene rings is 2. The topological polar surface area (TPSA) is 34.1 Å². The molecule has 2 nitrogen and oxygen atoms in total. The Balaban J connectivity index is 2.02.